The number of nitrogens with two attached hydrogens (primary N) is 1. The zero-order chi connectivity index (χ0) is 71.8. The zero-order valence-corrected chi connectivity index (χ0v) is 57.4. The Kier molecular flexibility index (Phi) is 35.0. The second-order valence-corrected chi connectivity index (χ2v) is 27.6. The third-order valence-electron chi connectivity index (χ3n) is 17.2. The maximum atomic E-state index is 14.9. The number of rotatable bonds is 28. The van der Waals surface area contributed by atoms with Crippen molar-refractivity contribution in [2.75, 3.05) is 110 Å². The van der Waals surface area contributed by atoms with Crippen molar-refractivity contribution >= 4 is 105 Å². The van der Waals surface area contributed by atoms with Gasteiger partial charge in [0.15, 0.2) is 0 Å². The van der Waals surface area contributed by atoms with Crippen molar-refractivity contribution in [3.8, 4) is 0 Å². The highest BCUT2D eigenvalue weighted by Gasteiger charge is 2.45. The molecule has 5 rings (SSSR count). The standard InChI is InChI=1S/C63H98N14O19S2/c1-3-4-6-18-50(80)67-46-39-98-97-38-45(59(92)66-42(33-52(82)83)15-9-10-21-65-51(81)34-72-24-26-73(35-53(84)85)28-30-75(37-55(88)89)31-29-74(27-25-72)36-54(86)87)70-58(91)44(32-41-13-7-5-8-14-41)69-57(90)43(19-20-49(64)79)68-61(94)56(40(2)78)71-60(93)47-16-11-22-76(47)63(96)48-17-12-23-77(48)62(46)95/h5,7-8,13-14,40,42-48,56,78H,3-4,6,9-12,15-39H2,1-2H3,(H2,64,79)(H,65,81)(H,66,92)(H,67,80)(H,68,94)(H,69,90)(H,70,91)(H,71,93)(H,82,83)(H,84,85)(H,86,87)(H,88,89)/t40-,42+,43+,44+,45+,46+,47+,48+,56+/m1/s1. The maximum absolute atomic E-state index is 14.9. The van der Waals surface area contributed by atoms with Crippen molar-refractivity contribution in [1.29, 1.82) is 0 Å². The lowest BCUT2D eigenvalue weighted by Gasteiger charge is -2.33. The molecule has 10 amide bonds. The van der Waals surface area contributed by atoms with Crippen molar-refractivity contribution in [3.63, 3.8) is 0 Å². The molecule has 4 aliphatic rings. The van der Waals surface area contributed by atoms with E-state index in [0.29, 0.717) is 24.8 Å². The second kappa shape index (κ2) is 42.3. The molecule has 1 aromatic carbocycles. The predicted molar refractivity (Wildman–Crippen MR) is 358 cm³/mol. The minimum atomic E-state index is -1.73. The van der Waals surface area contributed by atoms with Gasteiger partial charge in [-0.2, -0.15) is 0 Å². The largest absolute Gasteiger partial charge is 0.481 e. The lowest BCUT2D eigenvalue weighted by molar-refractivity contribution is -0.148. The quantitative estimate of drug-likeness (QED) is 0.0293. The lowest BCUT2D eigenvalue weighted by Crippen LogP contribution is -2.61. The molecule has 0 spiro atoms. The molecule has 98 heavy (non-hydrogen) atoms. The van der Waals surface area contributed by atoms with Gasteiger partial charge in [-0.3, -0.25) is 86.7 Å². The van der Waals surface area contributed by atoms with E-state index in [-0.39, 0.29) is 155 Å². The van der Waals surface area contributed by atoms with Gasteiger partial charge >= 0.3 is 23.9 Å². The summed E-state index contributed by atoms with van der Waals surface area (Å²) in [6.45, 7) is 3.84. The first-order chi connectivity index (χ1) is 46.7. The van der Waals surface area contributed by atoms with Crippen molar-refractivity contribution < 1.29 is 92.7 Å². The highest BCUT2D eigenvalue weighted by atomic mass is 33.1. The number of aliphatic hydroxyl groups excluding tert-OH is 1. The van der Waals surface area contributed by atoms with Crippen LogP contribution in [0.1, 0.15) is 109 Å². The van der Waals surface area contributed by atoms with Crippen molar-refractivity contribution in [2.24, 2.45) is 5.73 Å². The Balaban J connectivity index is 1.40. The third kappa shape index (κ3) is 28.6. The van der Waals surface area contributed by atoms with Gasteiger partial charge in [-0.25, -0.2) is 0 Å². The number of carbonyl (C=O) groups is 14. The molecular formula is C63H98N14O19S2. The minimum absolute atomic E-state index is 0.0518. The molecule has 0 aliphatic carbocycles. The first-order valence-corrected chi connectivity index (χ1v) is 35.9. The number of amides is 10. The Morgan fingerprint density at radius 2 is 1.13 bits per heavy atom. The number of nitrogens with one attached hydrogen (secondary N) is 7. The molecule has 0 aromatic heterocycles. The summed E-state index contributed by atoms with van der Waals surface area (Å²) >= 11 is 0. The molecule has 546 valence electrons. The van der Waals surface area contributed by atoms with E-state index in [0.717, 1.165) is 34.4 Å². The Morgan fingerprint density at radius 3 is 1.68 bits per heavy atom. The summed E-state index contributed by atoms with van der Waals surface area (Å²) in [6, 6.07) is -2.47. The normalized spacial score (nSPS) is 23.8. The van der Waals surface area contributed by atoms with Crippen LogP contribution in [0.4, 0.5) is 0 Å². The van der Waals surface area contributed by atoms with Gasteiger partial charge in [0.1, 0.15) is 42.3 Å². The molecule has 1 aromatic rings. The fourth-order valence-corrected chi connectivity index (χ4v) is 14.3. The van der Waals surface area contributed by atoms with E-state index >= 15 is 0 Å². The van der Waals surface area contributed by atoms with Crippen LogP contribution in [-0.4, -0.2) is 302 Å². The summed E-state index contributed by atoms with van der Waals surface area (Å²) in [5.74, 6) is -12.5. The molecule has 4 fully saturated rings. The van der Waals surface area contributed by atoms with Crippen LogP contribution in [0.25, 0.3) is 0 Å². The number of carboxylic acids is 4. The number of primary amides is 1. The number of fused-ring (bicyclic) bond motifs is 2. The number of carbonyl (C=O) groups excluding carboxylic acids is 10. The molecule has 33 nitrogen and oxygen atoms in total. The fraction of sp³-hybridized carbons (Fsp3) is 0.683. The number of carboxylic acid groups (broad SMARTS) is 4. The van der Waals surface area contributed by atoms with Crippen molar-refractivity contribution in [1.82, 2.24) is 66.6 Å². The Morgan fingerprint density at radius 1 is 0.592 bits per heavy atom. The average molecular weight is 1420 g/mol. The number of unbranched alkanes of at least 4 members (excludes halogenated alkanes) is 3. The van der Waals surface area contributed by atoms with Crippen LogP contribution in [0.3, 0.4) is 0 Å². The third-order valence-corrected chi connectivity index (χ3v) is 19.6. The molecule has 4 heterocycles. The van der Waals surface area contributed by atoms with Crippen LogP contribution in [-0.2, 0) is 73.5 Å². The summed E-state index contributed by atoms with van der Waals surface area (Å²) in [7, 11) is 2.08. The molecule has 4 saturated heterocycles. The van der Waals surface area contributed by atoms with Gasteiger partial charge in [0.25, 0.3) is 0 Å². The van der Waals surface area contributed by atoms with Gasteiger partial charge in [0, 0.05) is 109 Å². The van der Waals surface area contributed by atoms with Gasteiger partial charge in [-0.05, 0) is 70.3 Å². The molecule has 0 saturated carbocycles. The fourth-order valence-electron chi connectivity index (χ4n) is 12.0. The molecule has 9 atom stereocenters. The first kappa shape index (κ1) is 81.0. The van der Waals surface area contributed by atoms with E-state index in [9.17, 15) is 92.7 Å². The number of aliphatic carboxylic acids is 4. The first-order valence-electron chi connectivity index (χ1n) is 33.4. The van der Waals surface area contributed by atoms with Crippen LogP contribution in [0, 0.1) is 0 Å². The Labute approximate surface area is 577 Å². The summed E-state index contributed by atoms with van der Waals surface area (Å²) < 4.78 is 0. The number of hydrogen-bond donors (Lipinski definition) is 13. The Hall–Kier alpha value is -7.70. The van der Waals surface area contributed by atoms with E-state index < -0.39 is 157 Å². The van der Waals surface area contributed by atoms with Crippen LogP contribution in [0.5, 0.6) is 0 Å². The van der Waals surface area contributed by atoms with Crippen LogP contribution in [0.2, 0.25) is 0 Å². The number of nitrogens with zero attached hydrogens (tertiary/aromatic N) is 6. The topological polar surface area (TPSA) is 470 Å². The monoisotopic (exact) mass is 1420 g/mol. The van der Waals surface area contributed by atoms with Crippen LogP contribution >= 0.6 is 21.6 Å². The second-order valence-electron chi connectivity index (χ2n) is 25.1. The predicted octanol–water partition coefficient (Wildman–Crippen LogP) is -3.02. The summed E-state index contributed by atoms with van der Waals surface area (Å²) in [5.41, 5.74) is 6.03. The van der Waals surface area contributed by atoms with E-state index in [1.807, 2.05) is 6.92 Å². The zero-order valence-electron chi connectivity index (χ0n) is 55.7. The number of hydrogen-bond acceptors (Lipinski definition) is 21. The minimum Gasteiger partial charge on any atom is -0.481 e. The highest BCUT2D eigenvalue weighted by Crippen LogP contribution is 2.29. The SMILES string of the molecule is CCCCCC(=O)N[C@H]1CSSC[C@@H](C(=O)N[C@@H](CCCCNC(=O)CN2CCN(CC(=O)O)CCN(CC(=O)O)CCN(CC(=O)O)CC2)CC(=O)O)NC(=O)[C@H](Cc2ccccc2)NC(=O)[C@H](CCC(N)=O)NC(=O)[C@H]([C@@H](C)O)NC(=O)[C@@H]2CCCN2C(=O)[C@@H]2CCCN2C1=O. The Bertz CT molecular complexity index is 2870. The number of benzene rings is 1. The molecule has 0 bridgehead atoms. The summed E-state index contributed by atoms with van der Waals surface area (Å²) in [4.78, 5) is 198. The van der Waals surface area contributed by atoms with Gasteiger partial charge in [0.05, 0.1) is 38.7 Å². The summed E-state index contributed by atoms with van der Waals surface area (Å²) in [6.07, 6.45) is 0.655. The molecule has 35 heteroatoms. The lowest BCUT2D eigenvalue weighted by atomic mass is 10.0. The van der Waals surface area contributed by atoms with Crippen LogP contribution in [0.15, 0.2) is 30.3 Å². The van der Waals surface area contributed by atoms with Gasteiger partial charge in [-0.1, -0.05) is 71.7 Å². The smallest absolute Gasteiger partial charge is 0.317 e. The molecule has 14 N–H and O–H groups in total. The molecular weight excluding hydrogens is 1320 g/mol. The molecule has 0 unspecified atom stereocenters. The van der Waals surface area contributed by atoms with E-state index in [1.165, 1.54) is 16.7 Å². The van der Waals surface area contributed by atoms with Crippen molar-refractivity contribution in [2.45, 2.75) is 165 Å². The van der Waals surface area contributed by atoms with Crippen LogP contribution < -0.4 is 43.0 Å². The summed E-state index contributed by atoms with van der Waals surface area (Å²) in [5, 5.41) is 68.6. The molecule has 0 radical (unpaired) electrons. The number of aliphatic hydroxyl groups is 1. The van der Waals surface area contributed by atoms with E-state index in [4.69, 9.17) is 5.73 Å². The molecule has 4 aliphatic heterocycles. The van der Waals surface area contributed by atoms with Gasteiger partial charge in [0.2, 0.25) is 59.1 Å². The van der Waals surface area contributed by atoms with Gasteiger partial charge < -0.3 is 78.3 Å². The van der Waals surface area contributed by atoms with Gasteiger partial charge in [-0.15, -0.1) is 0 Å². The van der Waals surface area contributed by atoms with E-state index in [1.54, 1.807) is 49.9 Å². The average Bonchev–Trinajstić information content (AvgIpc) is 1.65. The van der Waals surface area contributed by atoms with Crippen molar-refractivity contribution in [3.05, 3.63) is 35.9 Å². The maximum Gasteiger partial charge on any atom is 0.317 e. The highest BCUT2D eigenvalue weighted by molar-refractivity contribution is 8.76. The van der Waals surface area contributed by atoms with E-state index in [2.05, 4.69) is 37.2 Å².